The minimum atomic E-state index is 0.699. The standard InChI is InChI=1S/C16H25BrN2O/c1-3-19-9-5-6-14(19)12-18-11-13-7-8-16(20-4-2)15(17)10-13/h7-8,10,14,18H,3-6,9,11-12H2,1-2H3/t14-/m0/s1. The van der Waals surface area contributed by atoms with Gasteiger partial charge in [0, 0.05) is 19.1 Å². The summed E-state index contributed by atoms with van der Waals surface area (Å²) in [7, 11) is 0. The van der Waals surface area contributed by atoms with Gasteiger partial charge in [-0.3, -0.25) is 4.90 Å². The third-order valence-corrected chi connectivity index (χ3v) is 4.53. The van der Waals surface area contributed by atoms with E-state index in [-0.39, 0.29) is 0 Å². The fourth-order valence-corrected chi connectivity index (χ4v) is 3.39. The van der Waals surface area contributed by atoms with Gasteiger partial charge >= 0.3 is 0 Å². The van der Waals surface area contributed by atoms with E-state index in [9.17, 15) is 0 Å². The topological polar surface area (TPSA) is 24.5 Å². The number of likely N-dealkylation sites (tertiary alicyclic amines) is 1. The normalized spacial score (nSPS) is 19.4. The smallest absolute Gasteiger partial charge is 0.133 e. The molecule has 20 heavy (non-hydrogen) atoms. The van der Waals surface area contributed by atoms with Crippen molar-refractivity contribution in [2.24, 2.45) is 0 Å². The van der Waals surface area contributed by atoms with Crippen LogP contribution in [0.2, 0.25) is 0 Å². The minimum absolute atomic E-state index is 0.699. The van der Waals surface area contributed by atoms with Crippen LogP contribution in [0.15, 0.2) is 22.7 Å². The van der Waals surface area contributed by atoms with Gasteiger partial charge in [0.25, 0.3) is 0 Å². The fourth-order valence-electron chi connectivity index (χ4n) is 2.85. The highest BCUT2D eigenvalue weighted by Gasteiger charge is 2.21. The Kier molecular flexibility index (Phi) is 6.33. The van der Waals surface area contributed by atoms with E-state index >= 15 is 0 Å². The predicted molar refractivity (Wildman–Crippen MR) is 87.3 cm³/mol. The van der Waals surface area contributed by atoms with E-state index in [0.717, 1.165) is 23.3 Å². The van der Waals surface area contributed by atoms with Crippen molar-refractivity contribution in [2.45, 2.75) is 39.3 Å². The monoisotopic (exact) mass is 340 g/mol. The molecule has 0 aliphatic carbocycles. The zero-order valence-corrected chi connectivity index (χ0v) is 14.1. The number of likely N-dealkylation sites (N-methyl/N-ethyl adjacent to an activating group) is 1. The van der Waals surface area contributed by atoms with Gasteiger partial charge in [-0.2, -0.15) is 0 Å². The Morgan fingerprint density at radius 1 is 1.40 bits per heavy atom. The second-order valence-corrected chi connectivity index (χ2v) is 6.11. The number of benzene rings is 1. The van der Waals surface area contributed by atoms with Gasteiger partial charge in [-0.1, -0.05) is 13.0 Å². The van der Waals surface area contributed by atoms with E-state index in [4.69, 9.17) is 4.74 Å². The van der Waals surface area contributed by atoms with Crippen LogP contribution in [-0.4, -0.2) is 37.2 Å². The summed E-state index contributed by atoms with van der Waals surface area (Å²) in [6.45, 7) is 9.38. The van der Waals surface area contributed by atoms with Gasteiger partial charge in [0.15, 0.2) is 0 Å². The Morgan fingerprint density at radius 3 is 2.95 bits per heavy atom. The van der Waals surface area contributed by atoms with Gasteiger partial charge < -0.3 is 10.1 Å². The van der Waals surface area contributed by atoms with Gasteiger partial charge in [0.1, 0.15) is 5.75 Å². The van der Waals surface area contributed by atoms with E-state index in [2.05, 4.69) is 45.2 Å². The van der Waals surface area contributed by atoms with E-state index in [0.29, 0.717) is 12.6 Å². The summed E-state index contributed by atoms with van der Waals surface area (Å²) in [5, 5.41) is 3.58. The fraction of sp³-hybridized carbons (Fsp3) is 0.625. The molecule has 3 nitrogen and oxygen atoms in total. The largest absolute Gasteiger partial charge is 0.493 e. The Balaban J connectivity index is 1.80. The molecule has 1 aliphatic heterocycles. The molecule has 0 bridgehead atoms. The lowest BCUT2D eigenvalue weighted by Gasteiger charge is -2.23. The van der Waals surface area contributed by atoms with E-state index in [1.165, 1.54) is 31.5 Å². The van der Waals surface area contributed by atoms with Crippen LogP contribution >= 0.6 is 15.9 Å². The molecular weight excluding hydrogens is 316 g/mol. The van der Waals surface area contributed by atoms with Crippen LogP contribution in [0.4, 0.5) is 0 Å². The Morgan fingerprint density at radius 2 is 2.25 bits per heavy atom. The van der Waals surface area contributed by atoms with Crippen molar-refractivity contribution in [3.05, 3.63) is 28.2 Å². The van der Waals surface area contributed by atoms with Crippen molar-refractivity contribution >= 4 is 15.9 Å². The summed E-state index contributed by atoms with van der Waals surface area (Å²) < 4.78 is 6.57. The maximum atomic E-state index is 5.53. The number of nitrogens with zero attached hydrogens (tertiary/aromatic N) is 1. The first-order chi connectivity index (χ1) is 9.74. The van der Waals surface area contributed by atoms with Crippen molar-refractivity contribution in [1.82, 2.24) is 10.2 Å². The molecule has 1 heterocycles. The maximum absolute atomic E-state index is 5.53. The van der Waals surface area contributed by atoms with Crippen LogP contribution in [0, 0.1) is 0 Å². The van der Waals surface area contributed by atoms with Crippen LogP contribution in [0.3, 0.4) is 0 Å². The van der Waals surface area contributed by atoms with Crippen molar-refractivity contribution in [1.29, 1.82) is 0 Å². The predicted octanol–water partition coefficient (Wildman–Crippen LogP) is 3.42. The highest BCUT2D eigenvalue weighted by Crippen LogP contribution is 2.26. The Hall–Kier alpha value is -0.580. The molecular formula is C16H25BrN2O. The minimum Gasteiger partial charge on any atom is -0.493 e. The van der Waals surface area contributed by atoms with Gasteiger partial charge in [-0.05, 0) is 66.5 Å². The van der Waals surface area contributed by atoms with Crippen LogP contribution in [0.1, 0.15) is 32.3 Å². The summed E-state index contributed by atoms with van der Waals surface area (Å²) in [4.78, 5) is 2.57. The molecule has 0 aromatic heterocycles. The van der Waals surface area contributed by atoms with Crippen LogP contribution < -0.4 is 10.1 Å². The molecule has 1 fully saturated rings. The zero-order chi connectivity index (χ0) is 14.4. The summed E-state index contributed by atoms with van der Waals surface area (Å²) in [6.07, 6.45) is 2.67. The lowest BCUT2D eigenvalue weighted by molar-refractivity contribution is 0.260. The Bertz CT molecular complexity index is 425. The lowest BCUT2D eigenvalue weighted by atomic mass is 10.2. The average Bonchev–Trinajstić information content (AvgIpc) is 2.89. The van der Waals surface area contributed by atoms with E-state index < -0.39 is 0 Å². The van der Waals surface area contributed by atoms with Gasteiger partial charge in [-0.25, -0.2) is 0 Å². The van der Waals surface area contributed by atoms with Crippen molar-refractivity contribution in [3.63, 3.8) is 0 Å². The molecule has 1 aromatic carbocycles. The SMILES string of the molecule is CCOc1ccc(CNC[C@@H]2CCCN2CC)cc1Br. The van der Waals surface area contributed by atoms with Crippen LogP contribution in [-0.2, 0) is 6.54 Å². The average molecular weight is 341 g/mol. The summed E-state index contributed by atoms with van der Waals surface area (Å²) in [5.74, 6) is 0.921. The second-order valence-electron chi connectivity index (χ2n) is 5.25. The molecule has 1 atom stereocenters. The maximum Gasteiger partial charge on any atom is 0.133 e. The molecule has 4 heteroatoms. The van der Waals surface area contributed by atoms with Crippen LogP contribution in [0.25, 0.3) is 0 Å². The molecule has 1 aliphatic rings. The van der Waals surface area contributed by atoms with E-state index in [1.807, 2.05) is 13.0 Å². The molecule has 0 saturated carbocycles. The van der Waals surface area contributed by atoms with Crippen LogP contribution in [0.5, 0.6) is 5.75 Å². The molecule has 0 spiro atoms. The first-order valence-corrected chi connectivity index (χ1v) is 8.39. The number of rotatable bonds is 7. The highest BCUT2D eigenvalue weighted by molar-refractivity contribution is 9.10. The molecule has 0 radical (unpaired) electrons. The Labute approximate surface area is 130 Å². The molecule has 0 amide bonds. The summed E-state index contributed by atoms with van der Waals surface area (Å²) in [5.41, 5.74) is 1.29. The molecule has 0 unspecified atom stereocenters. The number of hydrogen-bond acceptors (Lipinski definition) is 3. The second kappa shape index (κ2) is 8.01. The number of nitrogens with one attached hydrogen (secondary N) is 1. The molecule has 2 rings (SSSR count). The number of halogens is 1. The molecule has 1 saturated heterocycles. The zero-order valence-electron chi connectivity index (χ0n) is 12.5. The molecule has 112 valence electrons. The summed E-state index contributed by atoms with van der Waals surface area (Å²) in [6, 6.07) is 7.03. The number of hydrogen-bond donors (Lipinski definition) is 1. The van der Waals surface area contributed by atoms with Gasteiger partial charge in [0.05, 0.1) is 11.1 Å². The van der Waals surface area contributed by atoms with Crippen molar-refractivity contribution < 1.29 is 4.74 Å². The number of ether oxygens (including phenoxy) is 1. The lowest BCUT2D eigenvalue weighted by Crippen LogP contribution is -2.37. The quantitative estimate of drug-likeness (QED) is 0.822. The molecule has 1 N–H and O–H groups in total. The first-order valence-electron chi connectivity index (χ1n) is 7.60. The summed E-state index contributed by atoms with van der Waals surface area (Å²) >= 11 is 3.57. The third kappa shape index (κ3) is 4.21. The van der Waals surface area contributed by atoms with Gasteiger partial charge in [0.2, 0.25) is 0 Å². The third-order valence-electron chi connectivity index (χ3n) is 3.91. The first kappa shape index (κ1) is 15.8. The molecule has 1 aromatic rings. The van der Waals surface area contributed by atoms with E-state index in [1.54, 1.807) is 0 Å². The van der Waals surface area contributed by atoms with Crippen molar-refractivity contribution in [3.8, 4) is 5.75 Å². The van der Waals surface area contributed by atoms with Gasteiger partial charge in [-0.15, -0.1) is 0 Å². The highest BCUT2D eigenvalue weighted by atomic mass is 79.9. The van der Waals surface area contributed by atoms with Crippen molar-refractivity contribution in [2.75, 3.05) is 26.2 Å².